The number of amidine groups is 1. The number of aliphatic imine (C=N–C) groups is 1. The molecule has 22 heavy (non-hydrogen) atoms. The van der Waals surface area contributed by atoms with Crippen molar-refractivity contribution in [3.63, 3.8) is 0 Å². The number of phenols is 1. The summed E-state index contributed by atoms with van der Waals surface area (Å²) in [6, 6.07) is 5.05. The van der Waals surface area contributed by atoms with E-state index in [4.69, 9.17) is 4.74 Å². The maximum atomic E-state index is 12.4. The average molecular weight is 300 g/mol. The molecule has 0 radical (unpaired) electrons. The number of fused-ring (bicyclic) bond motifs is 1. The number of aromatic hydroxyl groups is 1. The minimum absolute atomic E-state index is 0.0251. The number of hydrogen-bond acceptors (Lipinski definition) is 4. The van der Waals surface area contributed by atoms with E-state index < -0.39 is 0 Å². The number of carbonyl (C=O) groups is 1. The Hall–Kier alpha value is -2.30. The van der Waals surface area contributed by atoms with Crippen LogP contribution in [-0.2, 0) is 4.79 Å². The first-order valence-electron chi connectivity index (χ1n) is 7.76. The first-order chi connectivity index (χ1) is 10.7. The molecule has 0 saturated carbocycles. The van der Waals surface area contributed by atoms with Crippen LogP contribution < -0.4 is 4.74 Å². The lowest BCUT2D eigenvalue weighted by Gasteiger charge is -2.14. The highest BCUT2D eigenvalue weighted by molar-refractivity contribution is 6.14. The van der Waals surface area contributed by atoms with Crippen molar-refractivity contribution in [2.24, 2.45) is 4.99 Å². The zero-order chi connectivity index (χ0) is 15.5. The molecular weight excluding hydrogens is 280 g/mol. The second-order valence-corrected chi connectivity index (χ2v) is 5.49. The van der Waals surface area contributed by atoms with Crippen LogP contribution >= 0.6 is 0 Å². The number of hydrogen-bond donors (Lipinski definition) is 1. The van der Waals surface area contributed by atoms with E-state index in [1.807, 2.05) is 6.92 Å². The summed E-state index contributed by atoms with van der Waals surface area (Å²) in [6.45, 7) is 3.09. The van der Waals surface area contributed by atoms with E-state index in [2.05, 4.69) is 4.99 Å². The fraction of sp³-hybridized carbons (Fsp3) is 0.412. The highest BCUT2D eigenvalue weighted by atomic mass is 16.5. The Labute approximate surface area is 129 Å². The van der Waals surface area contributed by atoms with Crippen LogP contribution in [-0.4, -0.2) is 34.9 Å². The lowest BCUT2D eigenvalue weighted by atomic mass is 10.1. The number of phenolic OH excluding ortho intramolecular Hbond substituents is 1. The van der Waals surface area contributed by atoms with Gasteiger partial charge in [-0.2, -0.15) is 0 Å². The summed E-state index contributed by atoms with van der Waals surface area (Å²) in [5, 5.41) is 9.73. The van der Waals surface area contributed by atoms with Crippen LogP contribution in [0, 0.1) is 0 Å². The van der Waals surface area contributed by atoms with Crippen molar-refractivity contribution < 1.29 is 14.6 Å². The minimum atomic E-state index is -0.0251. The van der Waals surface area contributed by atoms with Gasteiger partial charge in [-0.05, 0) is 43.5 Å². The molecule has 1 amide bonds. The molecule has 0 atom stereocenters. The lowest BCUT2D eigenvalue weighted by molar-refractivity contribution is -0.122. The molecule has 0 spiro atoms. The minimum Gasteiger partial charge on any atom is -0.504 e. The molecule has 2 aliphatic rings. The van der Waals surface area contributed by atoms with E-state index in [9.17, 15) is 9.90 Å². The fourth-order valence-corrected chi connectivity index (χ4v) is 2.80. The number of carbonyl (C=O) groups excluding carboxylic acids is 1. The Kier molecular flexibility index (Phi) is 4.13. The fourth-order valence-electron chi connectivity index (χ4n) is 2.80. The van der Waals surface area contributed by atoms with Crippen molar-refractivity contribution in [1.82, 2.24) is 4.90 Å². The Balaban J connectivity index is 1.89. The van der Waals surface area contributed by atoms with Crippen molar-refractivity contribution in [2.75, 3.05) is 13.2 Å². The van der Waals surface area contributed by atoms with Gasteiger partial charge in [-0.3, -0.25) is 9.69 Å². The van der Waals surface area contributed by atoms with E-state index in [0.717, 1.165) is 43.6 Å². The largest absolute Gasteiger partial charge is 0.504 e. The van der Waals surface area contributed by atoms with Crippen LogP contribution in [0.1, 0.15) is 38.2 Å². The summed E-state index contributed by atoms with van der Waals surface area (Å²) in [7, 11) is 0. The molecule has 1 saturated heterocycles. The third-order valence-electron chi connectivity index (χ3n) is 3.89. The zero-order valence-corrected chi connectivity index (χ0v) is 12.7. The predicted molar refractivity (Wildman–Crippen MR) is 84.9 cm³/mol. The Morgan fingerprint density at radius 2 is 2.23 bits per heavy atom. The molecule has 1 aromatic rings. The summed E-state index contributed by atoms with van der Waals surface area (Å²) in [4.78, 5) is 18.7. The van der Waals surface area contributed by atoms with Gasteiger partial charge < -0.3 is 9.84 Å². The summed E-state index contributed by atoms with van der Waals surface area (Å²) in [5.41, 5.74) is 1.26. The van der Waals surface area contributed by atoms with Gasteiger partial charge in [0, 0.05) is 13.0 Å². The number of nitrogens with zero attached hydrogens (tertiary/aromatic N) is 2. The van der Waals surface area contributed by atoms with E-state index in [1.54, 1.807) is 29.2 Å². The molecule has 2 heterocycles. The molecule has 116 valence electrons. The number of rotatable bonds is 3. The maximum absolute atomic E-state index is 12.4. The van der Waals surface area contributed by atoms with Crippen molar-refractivity contribution in [2.45, 2.75) is 32.6 Å². The topological polar surface area (TPSA) is 62.1 Å². The van der Waals surface area contributed by atoms with Crippen molar-refractivity contribution in [3.05, 3.63) is 29.5 Å². The normalized spacial score (nSPS) is 19.9. The third kappa shape index (κ3) is 2.84. The van der Waals surface area contributed by atoms with E-state index in [1.165, 1.54) is 0 Å². The van der Waals surface area contributed by atoms with Gasteiger partial charge in [-0.1, -0.05) is 12.5 Å². The van der Waals surface area contributed by atoms with Gasteiger partial charge in [0.25, 0.3) is 5.91 Å². The molecule has 3 rings (SSSR count). The summed E-state index contributed by atoms with van der Waals surface area (Å²) < 4.78 is 5.37. The van der Waals surface area contributed by atoms with Crippen LogP contribution in [0.5, 0.6) is 11.5 Å². The van der Waals surface area contributed by atoms with Gasteiger partial charge in [-0.25, -0.2) is 4.99 Å². The van der Waals surface area contributed by atoms with Gasteiger partial charge in [-0.15, -0.1) is 0 Å². The molecule has 2 aliphatic heterocycles. The number of benzene rings is 1. The van der Waals surface area contributed by atoms with Crippen LogP contribution in [0.3, 0.4) is 0 Å². The molecule has 5 nitrogen and oxygen atoms in total. The Morgan fingerprint density at radius 3 is 3.05 bits per heavy atom. The Bertz CT molecular complexity index is 649. The summed E-state index contributed by atoms with van der Waals surface area (Å²) in [5.74, 6) is 1.38. The quantitative estimate of drug-likeness (QED) is 0.873. The molecule has 0 aromatic heterocycles. The third-order valence-corrected chi connectivity index (χ3v) is 3.89. The molecular formula is C17H20N2O3. The van der Waals surface area contributed by atoms with E-state index in [-0.39, 0.29) is 11.7 Å². The van der Waals surface area contributed by atoms with Crippen LogP contribution in [0.15, 0.2) is 28.9 Å². The van der Waals surface area contributed by atoms with Gasteiger partial charge in [0.05, 0.1) is 6.61 Å². The van der Waals surface area contributed by atoms with E-state index in [0.29, 0.717) is 18.1 Å². The zero-order valence-electron chi connectivity index (χ0n) is 12.7. The number of amides is 1. The first kappa shape index (κ1) is 14.6. The smallest absolute Gasteiger partial charge is 0.277 e. The molecule has 0 unspecified atom stereocenters. The van der Waals surface area contributed by atoms with Gasteiger partial charge in [0.2, 0.25) is 0 Å². The highest BCUT2D eigenvalue weighted by Gasteiger charge is 2.30. The monoisotopic (exact) mass is 300 g/mol. The van der Waals surface area contributed by atoms with E-state index >= 15 is 0 Å². The summed E-state index contributed by atoms with van der Waals surface area (Å²) in [6.07, 6.45) is 5.89. The first-order valence-corrected chi connectivity index (χ1v) is 7.76. The molecule has 1 aromatic carbocycles. The Morgan fingerprint density at radius 1 is 1.36 bits per heavy atom. The number of ether oxygens (including phenoxy) is 1. The van der Waals surface area contributed by atoms with Crippen LogP contribution in [0.4, 0.5) is 0 Å². The highest BCUT2D eigenvalue weighted by Crippen LogP contribution is 2.29. The molecule has 1 N–H and O–H groups in total. The van der Waals surface area contributed by atoms with Gasteiger partial charge >= 0.3 is 0 Å². The lowest BCUT2D eigenvalue weighted by Crippen LogP contribution is -2.31. The summed E-state index contributed by atoms with van der Waals surface area (Å²) >= 11 is 0. The van der Waals surface area contributed by atoms with Crippen molar-refractivity contribution in [1.29, 1.82) is 0 Å². The standard InChI is InChI=1S/C17H20N2O3/c1-2-22-15-11-12(7-8-14(15)20)10-13-17(21)19-9-5-3-4-6-16(19)18-13/h7-8,10-11,20H,2-6,9H2,1H3. The van der Waals surface area contributed by atoms with Crippen LogP contribution in [0.2, 0.25) is 0 Å². The second kappa shape index (κ2) is 6.22. The second-order valence-electron chi connectivity index (χ2n) is 5.49. The van der Waals surface area contributed by atoms with Crippen molar-refractivity contribution >= 4 is 17.8 Å². The van der Waals surface area contributed by atoms with Gasteiger partial charge in [0.1, 0.15) is 11.5 Å². The van der Waals surface area contributed by atoms with Crippen LogP contribution in [0.25, 0.3) is 6.08 Å². The van der Waals surface area contributed by atoms with Crippen molar-refractivity contribution in [3.8, 4) is 11.5 Å². The average Bonchev–Trinajstić information content (AvgIpc) is 2.68. The molecule has 1 fully saturated rings. The maximum Gasteiger partial charge on any atom is 0.277 e. The van der Waals surface area contributed by atoms with Gasteiger partial charge in [0.15, 0.2) is 11.5 Å². The molecule has 5 heteroatoms. The predicted octanol–water partition coefficient (Wildman–Crippen LogP) is 2.95. The molecule has 0 bridgehead atoms. The molecule has 0 aliphatic carbocycles. The SMILES string of the molecule is CCOc1cc(C=C2N=C3CCCCCN3C2=O)ccc1O.